The molecule has 8 heteroatoms. The van der Waals surface area contributed by atoms with Crippen LogP contribution in [0.1, 0.15) is 55.8 Å². The number of rotatable bonds is 5. The van der Waals surface area contributed by atoms with Crippen molar-refractivity contribution in [3.63, 3.8) is 0 Å². The summed E-state index contributed by atoms with van der Waals surface area (Å²) in [6.07, 6.45) is 1.36. The average molecular weight is 399 g/mol. The smallest absolute Gasteiger partial charge is 0.278 e. The van der Waals surface area contributed by atoms with Crippen LogP contribution in [0.25, 0.3) is 0 Å². The van der Waals surface area contributed by atoms with Crippen molar-refractivity contribution in [2.45, 2.75) is 39.7 Å². The number of amides is 4. The highest BCUT2D eigenvalue weighted by Crippen LogP contribution is 2.22. The van der Waals surface area contributed by atoms with Gasteiger partial charge in [0.2, 0.25) is 11.8 Å². The minimum absolute atomic E-state index is 0.176. The van der Waals surface area contributed by atoms with E-state index in [1.807, 2.05) is 13.8 Å². The number of nitrogens with zero attached hydrogens (tertiary/aromatic N) is 1. The molecule has 2 heterocycles. The van der Waals surface area contributed by atoms with Gasteiger partial charge in [0.15, 0.2) is 0 Å². The van der Waals surface area contributed by atoms with E-state index in [0.717, 1.165) is 22.4 Å². The van der Waals surface area contributed by atoms with Gasteiger partial charge in [0.1, 0.15) is 0 Å². The van der Waals surface area contributed by atoms with E-state index in [2.05, 4.69) is 10.9 Å². The lowest BCUT2D eigenvalue weighted by atomic mass is 10.1. The zero-order valence-corrected chi connectivity index (χ0v) is 16.5. The number of carbonyl (C=O) groups excluding carboxylic acids is 4. The van der Waals surface area contributed by atoms with Crippen molar-refractivity contribution in [2.75, 3.05) is 0 Å². The molecule has 1 fully saturated rings. The van der Waals surface area contributed by atoms with Gasteiger partial charge in [-0.3, -0.25) is 34.9 Å². The summed E-state index contributed by atoms with van der Waals surface area (Å²) in [5.74, 6) is -1.16. The molecule has 7 nitrogen and oxygen atoms in total. The second-order valence-corrected chi connectivity index (χ2v) is 7.69. The average Bonchev–Trinajstić information content (AvgIpc) is 3.23. The highest BCUT2D eigenvalue weighted by Gasteiger charge is 2.28. The summed E-state index contributed by atoms with van der Waals surface area (Å²) in [5, 5.41) is 0. The van der Waals surface area contributed by atoms with E-state index < -0.39 is 5.91 Å². The predicted octanol–water partition coefficient (Wildman–Crippen LogP) is 2.34. The molecule has 0 aliphatic carbocycles. The van der Waals surface area contributed by atoms with Crippen LogP contribution in [0.15, 0.2) is 30.3 Å². The lowest BCUT2D eigenvalue weighted by molar-refractivity contribution is -0.139. The summed E-state index contributed by atoms with van der Waals surface area (Å²) >= 11 is 1.41. The van der Waals surface area contributed by atoms with E-state index in [-0.39, 0.29) is 37.1 Å². The molecule has 28 heavy (non-hydrogen) atoms. The maximum absolute atomic E-state index is 12.2. The Balaban J connectivity index is 1.56. The Kier molecular flexibility index (Phi) is 5.89. The number of aryl methyl sites for hydroxylation is 2. The van der Waals surface area contributed by atoms with Crippen LogP contribution >= 0.6 is 11.3 Å². The van der Waals surface area contributed by atoms with E-state index >= 15 is 0 Å². The number of hydrazine groups is 1. The Morgan fingerprint density at radius 3 is 2.21 bits per heavy atom. The Bertz CT molecular complexity index is 917. The highest BCUT2D eigenvalue weighted by molar-refractivity contribution is 7.14. The summed E-state index contributed by atoms with van der Waals surface area (Å²) < 4.78 is 0. The highest BCUT2D eigenvalue weighted by atomic mass is 32.1. The quantitative estimate of drug-likeness (QED) is 0.596. The van der Waals surface area contributed by atoms with Crippen molar-refractivity contribution in [3.8, 4) is 0 Å². The molecule has 146 valence electrons. The summed E-state index contributed by atoms with van der Waals surface area (Å²) in [5.41, 5.74) is 7.00. The first kappa shape index (κ1) is 19.8. The lowest BCUT2D eigenvalue weighted by Crippen LogP contribution is -2.41. The molecule has 0 atom stereocenters. The van der Waals surface area contributed by atoms with Crippen LogP contribution < -0.4 is 10.9 Å². The normalized spacial score (nSPS) is 13.7. The lowest BCUT2D eigenvalue weighted by Gasteiger charge is -2.14. The Labute approximate surface area is 166 Å². The van der Waals surface area contributed by atoms with Gasteiger partial charge >= 0.3 is 0 Å². The fraction of sp³-hybridized carbons (Fsp3) is 0.300. The Hall–Kier alpha value is -3.00. The molecule has 2 N–H and O–H groups in total. The zero-order valence-electron chi connectivity index (χ0n) is 15.7. The fourth-order valence-electron chi connectivity index (χ4n) is 2.97. The molecular weight excluding hydrogens is 378 g/mol. The van der Waals surface area contributed by atoms with Gasteiger partial charge in [0, 0.05) is 23.3 Å². The SMILES string of the molecule is CCc1sc(C(=O)NNC(=O)c2ccc(CN3C(=O)CCC3=O)cc2)cc1C. The number of hydrogen-bond donors (Lipinski definition) is 2. The molecule has 0 radical (unpaired) electrons. The number of carbonyl (C=O) groups is 4. The first-order valence-corrected chi connectivity index (χ1v) is 9.82. The van der Waals surface area contributed by atoms with Gasteiger partial charge < -0.3 is 0 Å². The molecule has 0 unspecified atom stereocenters. The number of likely N-dealkylation sites (tertiary alicyclic amines) is 1. The third kappa shape index (κ3) is 4.28. The maximum Gasteiger partial charge on any atom is 0.279 e. The van der Waals surface area contributed by atoms with Gasteiger partial charge in [-0.2, -0.15) is 0 Å². The van der Waals surface area contributed by atoms with Crippen molar-refractivity contribution in [1.29, 1.82) is 0 Å². The fourth-order valence-corrected chi connectivity index (χ4v) is 3.98. The maximum atomic E-state index is 12.2. The largest absolute Gasteiger partial charge is 0.279 e. The second-order valence-electron chi connectivity index (χ2n) is 6.55. The molecular formula is C20H21N3O4S. The number of imide groups is 1. The van der Waals surface area contributed by atoms with Crippen LogP contribution in [-0.2, 0) is 22.6 Å². The van der Waals surface area contributed by atoms with Gasteiger partial charge in [-0.25, -0.2) is 0 Å². The number of thiophene rings is 1. The molecule has 3 rings (SSSR count). The van der Waals surface area contributed by atoms with Gasteiger partial charge in [-0.05, 0) is 42.7 Å². The summed E-state index contributed by atoms with van der Waals surface area (Å²) in [7, 11) is 0. The third-order valence-corrected chi connectivity index (χ3v) is 5.95. The standard InChI is InChI=1S/C20H21N3O4S/c1-3-15-12(2)10-16(28-15)20(27)22-21-19(26)14-6-4-13(5-7-14)11-23-17(24)8-9-18(23)25/h4-7,10H,3,8-9,11H2,1-2H3,(H,21,26)(H,22,27). The summed E-state index contributed by atoms with van der Waals surface area (Å²) in [4.78, 5) is 50.7. The van der Waals surface area contributed by atoms with Crippen LogP contribution in [0.5, 0.6) is 0 Å². The minimum atomic E-state index is -0.447. The van der Waals surface area contributed by atoms with Crippen molar-refractivity contribution in [2.24, 2.45) is 0 Å². The molecule has 2 aromatic rings. The minimum Gasteiger partial charge on any atom is -0.278 e. The van der Waals surface area contributed by atoms with Crippen molar-refractivity contribution < 1.29 is 19.2 Å². The topological polar surface area (TPSA) is 95.6 Å². The molecule has 1 aliphatic rings. The first-order valence-electron chi connectivity index (χ1n) is 9.01. The van der Waals surface area contributed by atoms with Crippen LogP contribution in [0.3, 0.4) is 0 Å². The third-order valence-electron chi connectivity index (χ3n) is 4.57. The van der Waals surface area contributed by atoms with Gasteiger partial charge in [-0.1, -0.05) is 19.1 Å². The molecule has 4 amide bonds. The Morgan fingerprint density at radius 1 is 1.04 bits per heavy atom. The molecule has 0 spiro atoms. The molecule has 1 aromatic heterocycles. The monoisotopic (exact) mass is 399 g/mol. The first-order chi connectivity index (χ1) is 13.4. The van der Waals surface area contributed by atoms with E-state index in [1.165, 1.54) is 16.2 Å². The van der Waals surface area contributed by atoms with Crippen LogP contribution in [0.4, 0.5) is 0 Å². The second kappa shape index (κ2) is 8.35. The van der Waals surface area contributed by atoms with E-state index in [9.17, 15) is 19.2 Å². The van der Waals surface area contributed by atoms with Crippen molar-refractivity contribution in [3.05, 3.63) is 56.8 Å². The van der Waals surface area contributed by atoms with E-state index in [4.69, 9.17) is 0 Å². The summed E-state index contributed by atoms with van der Waals surface area (Å²) in [6.45, 7) is 4.19. The Morgan fingerprint density at radius 2 is 1.64 bits per heavy atom. The predicted molar refractivity (Wildman–Crippen MR) is 105 cm³/mol. The van der Waals surface area contributed by atoms with Crippen LogP contribution in [-0.4, -0.2) is 28.5 Å². The van der Waals surface area contributed by atoms with Crippen LogP contribution in [0.2, 0.25) is 0 Å². The van der Waals surface area contributed by atoms with E-state index in [1.54, 1.807) is 30.3 Å². The van der Waals surface area contributed by atoms with E-state index in [0.29, 0.717) is 10.4 Å². The molecule has 1 saturated heterocycles. The van der Waals surface area contributed by atoms with Crippen molar-refractivity contribution in [1.82, 2.24) is 15.8 Å². The van der Waals surface area contributed by atoms with Gasteiger partial charge in [0.05, 0.1) is 11.4 Å². The van der Waals surface area contributed by atoms with Gasteiger partial charge in [0.25, 0.3) is 11.8 Å². The summed E-state index contributed by atoms with van der Waals surface area (Å²) in [6, 6.07) is 8.36. The molecule has 1 aromatic carbocycles. The molecule has 0 bridgehead atoms. The molecule has 1 aliphatic heterocycles. The van der Waals surface area contributed by atoms with Crippen molar-refractivity contribution >= 4 is 35.0 Å². The number of nitrogens with one attached hydrogen (secondary N) is 2. The molecule has 0 saturated carbocycles. The number of benzene rings is 1. The van der Waals surface area contributed by atoms with Crippen LogP contribution in [0, 0.1) is 6.92 Å². The van der Waals surface area contributed by atoms with Gasteiger partial charge in [-0.15, -0.1) is 11.3 Å². The number of hydrogen-bond acceptors (Lipinski definition) is 5. The zero-order chi connectivity index (χ0) is 20.3.